The molecule has 2 N–H and O–H groups in total. The van der Waals surface area contributed by atoms with Crippen LogP contribution in [0.25, 0.3) is 0 Å². The number of cyclic esters (lactones) is 1. The molecule has 0 aromatic heterocycles. The van der Waals surface area contributed by atoms with E-state index in [1.807, 2.05) is 60.7 Å². The van der Waals surface area contributed by atoms with Gasteiger partial charge >= 0.3 is 5.97 Å². The Balaban J connectivity index is 1.85. The van der Waals surface area contributed by atoms with Crippen molar-refractivity contribution in [1.29, 1.82) is 0 Å². The standard InChI is InChI=1S/C31H47NO5Si/c1-21(2)38(22(3)4,23(5)6)36-19-18-27(33)30-28(29(34)31(35)37-30)32(20-25-14-10-8-11-15-25)24(7)26-16-12-9-13-17-26/h8-17,21-24,27-30,33-34H,18-20H2,1-7H3. The lowest BCUT2D eigenvalue weighted by Crippen LogP contribution is -2.52. The van der Waals surface area contributed by atoms with E-state index in [1.165, 1.54) is 0 Å². The molecular formula is C31H47NO5Si. The molecule has 1 saturated heterocycles. The highest BCUT2D eigenvalue weighted by molar-refractivity contribution is 6.77. The molecule has 2 aromatic carbocycles. The summed E-state index contributed by atoms with van der Waals surface area (Å²) < 4.78 is 12.3. The monoisotopic (exact) mass is 541 g/mol. The maximum absolute atomic E-state index is 12.7. The van der Waals surface area contributed by atoms with Crippen LogP contribution in [0.2, 0.25) is 16.6 Å². The molecule has 1 heterocycles. The summed E-state index contributed by atoms with van der Waals surface area (Å²) in [6, 6.07) is 19.2. The number of aliphatic hydroxyl groups is 2. The first-order chi connectivity index (χ1) is 18.0. The molecule has 7 heteroatoms. The lowest BCUT2D eigenvalue weighted by atomic mass is 9.95. The van der Waals surface area contributed by atoms with Crippen LogP contribution in [0.1, 0.15) is 72.1 Å². The molecule has 1 aliphatic rings. The third-order valence-electron chi connectivity index (χ3n) is 8.38. The minimum Gasteiger partial charge on any atom is -0.456 e. The molecule has 1 fully saturated rings. The molecule has 0 radical (unpaired) electrons. The highest BCUT2D eigenvalue weighted by atomic mass is 28.4. The van der Waals surface area contributed by atoms with Crippen LogP contribution in [-0.4, -0.2) is 60.4 Å². The zero-order valence-corrected chi connectivity index (χ0v) is 25.1. The Morgan fingerprint density at radius 2 is 1.42 bits per heavy atom. The van der Waals surface area contributed by atoms with Crippen molar-refractivity contribution in [2.24, 2.45) is 0 Å². The van der Waals surface area contributed by atoms with E-state index in [4.69, 9.17) is 9.16 Å². The molecule has 5 atom stereocenters. The van der Waals surface area contributed by atoms with Crippen molar-refractivity contribution in [3.8, 4) is 0 Å². The van der Waals surface area contributed by atoms with Crippen molar-refractivity contribution in [2.45, 2.75) is 108 Å². The first-order valence-electron chi connectivity index (χ1n) is 14.1. The summed E-state index contributed by atoms with van der Waals surface area (Å²) in [5.74, 6) is -0.687. The largest absolute Gasteiger partial charge is 0.456 e. The van der Waals surface area contributed by atoms with E-state index in [0.29, 0.717) is 36.2 Å². The normalized spacial score (nSPS) is 21.9. The molecule has 2 aromatic rings. The van der Waals surface area contributed by atoms with Crippen LogP contribution >= 0.6 is 0 Å². The summed E-state index contributed by atoms with van der Waals surface area (Å²) in [4.78, 5) is 14.8. The molecule has 0 saturated carbocycles. The SMILES string of the molecule is CC(c1ccccc1)N(Cc1ccccc1)C1C(O)C(=O)OC1C(O)CCO[Si](C(C)C)(C(C)C)C(C)C. The van der Waals surface area contributed by atoms with E-state index in [1.54, 1.807) is 0 Å². The van der Waals surface area contributed by atoms with Crippen LogP contribution in [0.3, 0.4) is 0 Å². The Morgan fingerprint density at radius 1 is 0.895 bits per heavy atom. The predicted octanol–water partition coefficient (Wildman–Crippen LogP) is 5.85. The summed E-state index contributed by atoms with van der Waals surface area (Å²) in [5.41, 5.74) is 3.43. The molecule has 5 unspecified atom stereocenters. The van der Waals surface area contributed by atoms with E-state index < -0.39 is 38.6 Å². The zero-order valence-electron chi connectivity index (χ0n) is 24.1. The maximum Gasteiger partial charge on any atom is 0.337 e. The number of rotatable bonds is 13. The minimum atomic E-state index is -2.09. The van der Waals surface area contributed by atoms with Crippen molar-refractivity contribution in [1.82, 2.24) is 4.90 Å². The highest BCUT2D eigenvalue weighted by Crippen LogP contribution is 2.42. The molecule has 0 amide bonds. The smallest absolute Gasteiger partial charge is 0.337 e. The van der Waals surface area contributed by atoms with Crippen LogP contribution in [0.15, 0.2) is 60.7 Å². The summed E-state index contributed by atoms with van der Waals surface area (Å²) in [6.07, 6.45) is -2.83. The Kier molecular flexibility index (Phi) is 10.7. The van der Waals surface area contributed by atoms with Crippen LogP contribution in [-0.2, 0) is 20.5 Å². The molecular weight excluding hydrogens is 494 g/mol. The van der Waals surface area contributed by atoms with E-state index in [2.05, 4.69) is 53.4 Å². The number of aliphatic hydroxyl groups excluding tert-OH is 2. The summed E-state index contributed by atoms with van der Waals surface area (Å²) in [7, 11) is -2.09. The van der Waals surface area contributed by atoms with Gasteiger partial charge in [0, 0.05) is 19.2 Å². The average molecular weight is 542 g/mol. The second-order valence-corrected chi connectivity index (χ2v) is 17.1. The van der Waals surface area contributed by atoms with Crippen LogP contribution in [0.5, 0.6) is 0 Å². The topological polar surface area (TPSA) is 79.2 Å². The third-order valence-corrected chi connectivity index (χ3v) is 14.5. The Bertz CT molecular complexity index is 978. The fraction of sp³-hybridized carbons (Fsp3) is 0.581. The summed E-state index contributed by atoms with van der Waals surface area (Å²) >= 11 is 0. The van der Waals surface area contributed by atoms with Gasteiger partial charge in [-0.05, 0) is 41.1 Å². The Labute approximate surface area is 230 Å². The van der Waals surface area contributed by atoms with Gasteiger partial charge < -0.3 is 19.4 Å². The molecule has 38 heavy (non-hydrogen) atoms. The second-order valence-electron chi connectivity index (χ2n) is 11.6. The average Bonchev–Trinajstić information content (AvgIpc) is 3.19. The number of ether oxygens (including phenoxy) is 1. The molecule has 0 bridgehead atoms. The van der Waals surface area contributed by atoms with Gasteiger partial charge in [0.15, 0.2) is 14.4 Å². The lowest BCUT2D eigenvalue weighted by Gasteiger charge is -2.42. The number of hydrogen-bond donors (Lipinski definition) is 2. The molecule has 0 aliphatic carbocycles. The fourth-order valence-electron chi connectivity index (χ4n) is 6.51. The fourth-order valence-corrected chi connectivity index (χ4v) is 12.0. The van der Waals surface area contributed by atoms with Gasteiger partial charge in [0.1, 0.15) is 6.10 Å². The molecule has 1 aliphatic heterocycles. The van der Waals surface area contributed by atoms with E-state index in [9.17, 15) is 15.0 Å². The number of hydrogen-bond acceptors (Lipinski definition) is 6. The van der Waals surface area contributed by atoms with Gasteiger partial charge in [0.2, 0.25) is 0 Å². The zero-order chi connectivity index (χ0) is 28.0. The Morgan fingerprint density at radius 3 is 1.95 bits per heavy atom. The van der Waals surface area contributed by atoms with E-state index in [-0.39, 0.29) is 6.04 Å². The van der Waals surface area contributed by atoms with Crippen LogP contribution < -0.4 is 0 Å². The van der Waals surface area contributed by atoms with Gasteiger partial charge in [0.25, 0.3) is 0 Å². The first kappa shape index (κ1) is 30.5. The quantitative estimate of drug-likeness (QED) is 0.245. The Hall–Kier alpha value is -2.03. The number of benzene rings is 2. The summed E-state index contributed by atoms with van der Waals surface area (Å²) in [6.45, 7) is 16.4. The van der Waals surface area contributed by atoms with Gasteiger partial charge in [-0.25, -0.2) is 4.79 Å². The van der Waals surface area contributed by atoms with Gasteiger partial charge in [-0.1, -0.05) is 102 Å². The van der Waals surface area contributed by atoms with E-state index in [0.717, 1.165) is 11.1 Å². The highest BCUT2D eigenvalue weighted by Gasteiger charge is 2.51. The summed E-state index contributed by atoms with van der Waals surface area (Å²) in [5, 5.41) is 22.4. The van der Waals surface area contributed by atoms with Gasteiger partial charge in [-0.2, -0.15) is 0 Å². The molecule has 210 valence electrons. The molecule has 0 spiro atoms. The van der Waals surface area contributed by atoms with Crippen molar-refractivity contribution in [2.75, 3.05) is 6.61 Å². The third kappa shape index (κ3) is 6.57. The number of carbonyl (C=O) groups is 1. The lowest BCUT2D eigenvalue weighted by molar-refractivity contribution is -0.150. The van der Waals surface area contributed by atoms with Crippen LogP contribution in [0.4, 0.5) is 0 Å². The maximum atomic E-state index is 12.7. The van der Waals surface area contributed by atoms with Gasteiger partial charge in [-0.15, -0.1) is 0 Å². The van der Waals surface area contributed by atoms with Crippen molar-refractivity contribution < 1.29 is 24.2 Å². The second kappa shape index (κ2) is 13.4. The molecule has 3 rings (SSSR count). The van der Waals surface area contributed by atoms with Crippen molar-refractivity contribution >= 4 is 14.3 Å². The van der Waals surface area contributed by atoms with Crippen molar-refractivity contribution in [3.05, 3.63) is 71.8 Å². The van der Waals surface area contributed by atoms with E-state index >= 15 is 0 Å². The molecule has 6 nitrogen and oxygen atoms in total. The predicted molar refractivity (Wildman–Crippen MR) is 154 cm³/mol. The first-order valence-corrected chi connectivity index (χ1v) is 16.2. The number of carbonyl (C=O) groups excluding carboxylic acids is 1. The number of nitrogens with zero attached hydrogens (tertiary/aromatic N) is 1. The van der Waals surface area contributed by atoms with Crippen LogP contribution in [0, 0.1) is 0 Å². The van der Waals surface area contributed by atoms with Gasteiger partial charge in [-0.3, -0.25) is 4.90 Å². The minimum absolute atomic E-state index is 0.126. The van der Waals surface area contributed by atoms with Gasteiger partial charge in [0.05, 0.1) is 12.1 Å². The van der Waals surface area contributed by atoms with Crippen molar-refractivity contribution in [3.63, 3.8) is 0 Å². The number of esters is 1.